The average molecular weight is 335 g/mol. The summed E-state index contributed by atoms with van der Waals surface area (Å²) in [6, 6.07) is 7.51. The van der Waals surface area contributed by atoms with Gasteiger partial charge in [-0.2, -0.15) is 0 Å². The fourth-order valence-electron chi connectivity index (χ4n) is 3.14. The summed E-state index contributed by atoms with van der Waals surface area (Å²) in [6.07, 6.45) is 2.91. The molecular weight excluding hydrogens is 316 g/mol. The molecule has 1 saturated heterocycles. The van der Waals surface area contributed by atoms with Crippen LogP contribution in [0.25, 0.3) is 0 Å². The van der Waals surface area contributed by atoms with Crippen LogP contribution in [0, 0.1) is 11.8 Å². The van der Waals surface area contributed by atoms with Crippen molar-refractivity contribution in [1.82, 2.24) is 4.90 Å². The van der Waals surface area contributed by atoms with Gasteiger partial charge in [0.15, 0.2) is 0 Å². The highest BCUT2D eigenvalue weighted by atomic mass is 35.5. The summed E-state index contributed by atoms with van der Waals surface area (Å²) in [6.45, 7) is 0.888. The van der Waals surface area contributed by atoms with Gasteiger partial charge in [-0.15, -0.1) is 0 Å². The van der Waals surface area contributed by atoms with E-state index in [1.54, 1.807) is 7.11 Å². The molecule has 0 saturated carbocycles. The number of carbonyl (C=O) groups excluding carboxylic acids is 2. The zero-order chi connectivity index (χ0) is 16.4. The lowest BCUT2D eigenvalue weighted by Gasteiger charge is -2.17. The maximum atomic E-state index is 12.4. The minimum absolute atomic E-state index is 0.0723. The van der Waals surface area contributed by atoms with Crippen LogP contribution in [0.5, 0.6) is 5.75 Å². The van der Waals surface area contributed by atoms with Crippen LogP contribution in [-0.2, 0) is 9.59 Å². The zero-order valence-electron chi connectivity index (χ0n) is 12.9. The Bertz CT molecular complexity index is 642. The number of nitrogens with one attached hydrogen (secondary N) is 1. The first-order valence-corrected chi connectivity index (χ1v) is 8.05. The quantitative estimate of drug-likeness (QED) is 0.841. The highest BCUT2D eigenvalue weighted by molar-refractivity contribution is 6.30. The Balaban J connectivity index is 1.56. The molecule has 2 atom stereocenters. The van der Waals surface area contributed by atoms with Gasteiger partial charge in [-0.1, -0.05) is 17.7 Å². The Morgan fingerprint density at radius 2 is 1.91 bits per heavy atom. The predicted octanol–water partition coefficient (Wildman–Crippen LogP) is 2.62. The highest BCUT2D eigenvalue weighted by Crippen LogP contribution is 2.38. The highest BCUT2D eigenvalue weighted by Gasteiger charge is 2.47. The molecule has 1 aromatic rings. The van der Waals surface area contributed by atoms with Crippen molar-refractivity contribution in [3.63, 3.8) is 0 Å². The second kappa shape index (κ2) is 6.62. The zero-order valence-corrected chi connectivity index (χ0v) is 13.7. The Hall–Kier alpha value is -2.01. The number of anilines is 1. The molecule has 1 fully saturated rings. The smallest absolute Gasteiger partial charge is 0.233 e. The lowest BCUT2D eigenvalue weighted by molar-refractivity contribution is -0.139. The monoisotopic (exact) mass is 334 g/mol. The summed E-state index contributed by atoms with van der Waals surface area (Å²) < 4.78 is 5.10. The van der Waals surface area contributed by atoms with E-state index in [1.807, 2.05) is 30.3 Å². The second-order valence-corrected chi connectivity index (χ2v) is 6.27. The molecule has 6 heteroatoms. The van der Waals surface area contributed by atoms with Gasteiger partial charge in [-0.05, 0) is 37.1 Å². The van der Waals surface area contributed by atoms with Crippen molar-refractivity contribution in [3.05, 3.63) is 35.4 Å². The standard InChI is InChI=1S/C17H19ClN2O3/c1-23-13-5-3-12(4-6-13)19-8-9-20-16(21)14-7-2-11(18)10-15(14)17(20)22/h2-6,14-15,19H,7-10H2,1H3. The van der Waals surface area contributed by atoms with Gasteiger partial charge in [0.1, 0.15) is 5.75 Å². The molecule has 1 aliphatic heterocycles. The van der Waals surface area contributed by atoms with Crippen LogP contribution in [-0.4, -0.2) is 36.9 Å². The van der Waals surface area contributed by atoms with Crippen molar-refractivity contribution < 1.29 is 14.3 Å². The van der Waals surface area contributed by atoms with Crippen molar-refractivity contribution in [2.24, 2.45) is 11.8 Å². The first-order valence-electron chi connectivity index (χ1n) is 7.68. The molecular formula is C17H19ClN2O3. The first-order chi connectivity index (χ1) is 11.1. The number of halogens is 1. The SMILES string of the molecule is COc1ccc(NCCN2C(=O)C3CC=C(Cl)CC3C2=O)cc1. The number of ether oxygens (including phenoxy) is 1. The minimum atomic E-state index is -0.277. The third-order valence-electron chi connectivity index (χ3n) is 4.41. The van der Waals surface area contributed by atoms with Gasteiger partial charge in [0, 0.05) is 23.8 Å². The molecule has 3 rings (SSSR count). The Labute approximate surface area is 140 Å². The number of hydrogen-bond acceptors (Lipinski definition) is 4. The largest absolute Gasteiger partial charge is 0.497 e. The van der Waals surface area contributed by atoms with Gasteiger partial charge in [-0.25, -0.2) is 0 Å². The van der Waals surface area contributed by atoms with E-state index in [-0.39, 0.29) is 23.7 Å². The van der Waals surface area contributed by atoms with Crippen LogP contribution in [0.3, 0.4) is 0 Å². The van der Waals surface area contributed by atoms with Crippen LogP contribution >= 0.6 is 11.6 Å². The lowest BCUT2D eigenvalue weighted by atomic mass is 9.85. The van der Waals surface area contributed by atoms with Crippen LogP contribution < -0.4 is 10.1 Å². The summed E-state index contributed by atoms with van der Waals surface area (Å²) in [7, 11) is 1.62. The number of allylic oxidation sites excluding steroid dienone is 2. The van der Waals surface area contributed by atoms with Crippen LogP contribution in [0.15, 0.2) is 35.4 Å². The third-order valence-corrected chi connectivity index (χ3v) is 4.72. The van der Waals surface area contributed by atoms with Gasteiger partial charge >= 0.3 is 0 Å². The molecule has 1 aromatic carbocycles. The van der Waals surface area contributed by atoms with Gasteiger partial charge in [0.2, 0.25) is 11.8 Å². The van der Waals surface area contributed by atoms with E-state index in [0.717, 1.165) is 11.4 Å². The molecule has 2 aliphatic rings. The number of hydrogen-bond donors (Lipinski definition) is 1. The fraction of sp³-hybridized carbons (Fsp3) is 0.412. The molecule has 1 aliphatic carbocycles. The van der Waals surface area contributed by atoms with Crippen molar-refractivity contribution >= 4 is 29.1 Å². The fourth-order valence-corrected chi connectivity index (χ4v) is 3.39. The number of fused-ring (bicyclic) bond motifs is 1. The molecule has 23 heavy (non-hydrogen) atoms. The van der Waals surface area contributed by atoms with E-state index in [4.69, 9.17) is 16.3 Å². The number of amides is 2. The number of imide groups is 1. The molecule has 0 radical (unpaired) electrons. The molecule has 1 heterocycles. The minimum Gasteiger partial charge on any atom is -0.497 e. The van der Waals surface area contributed by atoms with Crippen molar-refractivity contribution in [1.29, 1.82) is 0 Å². The van der Waals surface area contributed by atoms with E-state index >= 15 is 0 Å². The lowest BCUT2D eigenvalue weighted by Crippen LogP contribution is -2.35. The summed E-state index contributed by atoms with van der Waals surface area (Å²) in [5.74, 6) is 0.112. The summed E-state index contributed by atoms with van der Waals surface area (Å²) in [4.78, 5) is 26.1. The maximum absolute atomic E-state index is 12.4. The van der Waals surface area contributed by atoms with E-state index in [2.05, 4.69) is 5.32 Å². The van der Waals surface area contributed by atoms with Crippen LogP contribution in [0.4, 0.5) is 5.69 Å². The van der Waals surface area contributed by atoms with E-state index in [9.17, 15) is 9.59 Å². The number of carbonyl (C=O) groups is 2. The van der Waals surface area contributed by atoms with Crippen LogP contribution in [0.2, 0.25) is 0 Å². The molecule has 2 amide bonds. The Kier molecular flexibility index (Phi) is 4.57. The van der Waals surface area contributed by atoms with Crippen LogP contribution in [0.1, 0.15) is 12.8 Å². The Morgan fingerprint density at radius 1 is 1.22 bits per heavy atom. The molecule has 0 spiro atoms. The van der Waals surface area contributed by atoms with Crippen molar-refractivity contribution in [2.45, 2.75) is 12.8 Å². The van der Waals surface area contributed by atoms with Gasteiger partial charge in [0.05, 0.1) is 18.9 Å². The molecule has 0 aromatic heterocycles. The molecule has 1 N–H and O–H groups in total. The first kappa shape index (κ1) is 15.9. The normalized spacial score (nSPS) is 23.6. The summed E-state index contributed by atoms with van der Waals surface area (Å²) in [5, 5.41) is 3.90. The number of likely N-dealkylation sites (tertiary alicyclic amines) is 1. The van der Waals surface area contributed by atoms with E-state index in [0.29, 0.717) is 31.0 Å². The Morgan fingerprint density at radius 3 is 2.61 bits per heavy atom. The maximum Gasteiger partial charge on any atom is 0.233 e. The van der Waals surface area contributed by atoms with Gasteiger partial charge in [0.25, 0.3) is 0 Å². The van der Waals surface area contributed by atoms with Crippen molar-refractivity contribution in [2.75, 3.05) is 25.5 Å². The average Bonchev–Trinajstić information content (AvgIpc) is 2.80. The molecule has 122 valence electrons. The number of nitrogens with zero attached hydrogens (tertiary/aromatic N) is 1. The topological polar surface area (TPSA) is 58.6 Å². The number of methoxy groups -OCH3 is 1. The summed E-state index contributed by atoms with van der Waals surface area (Å²) >= 11 is 6.01. The van der Waals surface area contributed by atoms with Gasteiger partial charge in [-0.3, -0.25) is 14.5 Å². The number of rotatable bonds is 5. The second-order valence-electron chi connectivity index (χ2n) is 5.79. The van der Waals surface area contributed by atoms with E-state index in [1.165, 1.54) is 4.90 Å². The predicted molar refractivity (Wildman–Crippen MR) is 88.4 cm³/mol. The molecule has 5 nitrogen and oxygen atoms in total. The van der Waals surface area contributed by atoms with Crippen molar-refractivity contribution in [3.8, 4) is 5.75 Å². The number of benzene rings is 1. The molecule has 0 bridgehead atoms. The summed E-state index contributed by atoms with van der Waals surface area (Å²) in [5.41, 5.74) is 0.923. The molecule has 2 unspecified atom stereocenters. The van der Waals surface area contributed by atoms with E-state index < -0.39 is 0 Å². The third kappa shape index (κ3) is 3.20. The van der Waals surface area contributed by atoms with Gasteiger partial charge < -0.3 is 10.1 Å².